The Kier molecular flexibility index (Phi) is 3.71. The predicted octanol–water partition coefficient (Wildman–Crippen LogP) is 1.33. The van der Waals surface area contributed by atoms with Gasteiger partial charge in [0.05, 0.1) is 5.71 Å². The van der Waals surface area contributed by atoms with E-state index in [-0.39, 0.29) is 0 Å². The first-order valence-electron chi connectivity index (χ1n) is 4.51. The van der Waals surface area contributed by atoms with Crippen molar-refractivity contribution in [2.24, 2.45) is 5.10 Å². The highest BCUT2D eigenvalue weighted by Gasteiger charge is 2.16. The highest BCUT2D eigenvalue weighted by Crippen LogP contribution is 2.02. The van der Waals surface area contributed by atoms with E-state index in [1.807, 2.05) is 0 Å². The molecule has 0 aliphatic heterocycles. The highest BCUT2D eigenvalue weighted by molar-refractivity contribution is 6.00. The molecular weight excluding hydrogens is 210 g/mol. The highest BCUT2D eigenvalue weighted by atomic mass is 16.4. The number of aromatic nitrogens is 1. The van der Waals surface area contributed by atoms with E-state index in [4.69, 9.17) is 5.11 Å². The topological polar surface area (TPSA) is 82.9 Å². The van der Waals surface area contributed by atoms with Gasteiger partial charge in [-0.3, -0.25) is 9.78 Å². The van der Waals surface area contributed by atoms with Crippen LogP contribution in [0.4, 0.5) is 4.79 Å². The lowest BCUT2D eigenvalue weighted by molar-refractivity contribution is -0.126. The first-order chi connectivity index (χ1) is 7.52. The number of imide groups is 1. The van der Waals surface area contributed by atoms with Gasteiger partial charge >= 0.3 is 6.09 Å². The van der Waals surface area contributed by atoms with Crippen LogP contribution < -0.4 is 0 Å². The molecule has 0 atom stereocenters. The van der Waals surface area contributed by atoms with Gasteiger partial charge in [-0.2, -0.15) is 5.10 Å². The van der Waals surface area contributed by atoms with Crippen molar-refractivity contribution in [3.8, 4) is 0 Å². The minimum Gasteiger partial charge on any atom is -0.463 e. The van der Waals surface area contributed by atoms with E-state index in [1.165, 1.54) is 0 Å². The molecule has 0 aliphatic rings. The molecule has 6 nitrogen and oxygen atoms in total. The number of carbonyl (C=O) groups is 2. The third-order valence-electron chi connectivity index (χ3n) is 1.83. The number of carboxylic acid groups (broad SMARTS) is 1. The molecule has 16 heavy (non-hydrogen) atoms. The lowest BCUT2D eigenvalue weighted by atomic mass is 10.2. The zero-order valence-corrected chi connectivity index (χ0v) is 8.91. The molecule has 0 spiro atoms. The third-order valence-corrected chi connectivity index (χ3v) is 1.83. The Morgan fingerprint density at radius 3 is 2.31 bits per heavy atom. The predicted molar refractivity (Wildman–Crippen MR) is 57.0 cm³/mol. The summed E-state index contributed by atoms with van der Waals surface area (Å²) < 4.78 is 0. The quantitative estimate of drug-likeness (QED) is 0.603. The second-order valence-corrected chi connectivity index (χ2v) is 3.03. The maximum Gasteiger partial charge on any atom is 0.435 e. The number of hydrazone groups is 1. The molecule has 1 aromatic rings. The maximum absolute atomic E-state index is 11.0. The number of pyridine rings is 1. The normalized spacial score (nSPS) is 11.0. The molecule has 0 radical (unpaired) electrons. The van der Waals surface area contributed by atoms with Gasteiger partial charge in [-0.05, 0) is 19.1 Å². The SMILES string of the molecule is CC(=O)N(N=C(C)c1ccncc1)C(=O)O. The molecule has 0 saturated heterocycles. The fraction of sp³-hybridized carbons (Fsp3) is 0.200. The largest absolute Gasteiger partial charge is 0.463 e. The molecule has 0 aliphatic carbocycles. The van der Waals surface area contributed by atoms with E-state index in [2.05, 4.69) is 10.1 Å². The molecule has 0 aromatic carbocycles. The van der Waals surface area contributed by atoms with Gasteiger partial charge in [0, 0.05) is 24.9 Å². The molecular formula is C10H11N3O3. The number of carbonyl (C=O) groups excluding carboxylic acids is 1. The van der Waals surface area contributed by atoms with Crippen molar-refractivity contribution in [2.75, 3.05) is 0 Å². The molecule has 1 aromatic heterocycles. The summed E-state index contributed by atoms with van der Waals surface area (Å²) in [6.45, 7) is 2.76. The lowest BCUT2D eigenvalue weighted by Crippen LogP contribution is -2.29. The average Bonchev–Trinajstić information content (AvgIpc) is 2.25. The van der Waals surface area contributed by atoms with Gasteiger partial charge in [-0.15, -0.1) is 5.01 Å². The summed E-state index contributed by atoms with van der Waals surface area (Å²) in [7, 11) is 0. The van der Waals surface area contributed by atoms with Gasteiger partial charge < -0.3 is 5.11 Å². The number of amides is 2. The molecule has 0 unspecified atom stereocenters. The van der Waals surface area contributed by atoms with E-state index in [0.29, 0.717) is 16.3 Å². The number of rotatable bonds is 2. The minimum atomic E-state index is -1.40. The van der Waals surface area contributed by atoms with E-state index < -0.39 is 12.0 Å². The van der Waals surface area contributed by atoms with Crippen molar-refractivity contribution in [1.29, 1.82) is 0 Å². The Bertz CT molecular complexity index is 414. The first kappa shape index (κ1) is 11.8. The van der Waals surface area contributed by atoms with Crippen LogP contribution in [0.5, 0.6) is 0 Å². The van der Waals surface area contributed by atoms with Crippen molar-refractivity contribution in [1.82, 2.24) is 9.99 Å². The molecule has 1 rings (SSSR count). The minimum absolute atomic E-state index is 0.399. The lowest BCUT2D eigenvalue weighted by Gasteiger charge is -2.09. The van der Waals surface area contributed by atoms with Crippen molar-refractivity contribution in [3.05, 3.63) is 30.1 Å². The number of hydrogen-bond acceptors (Lipinski definition) is 4. The Labute approximate surface area is 92.2 Å². The smallest absolute Gasteiger partial charge is 0.435 e. The summed E-state index contributed by atoms with van der Waals surface area (Å²) in [6.07, 6.45) is 1.72. The summed E-state index contributed by atoms with van der Waals surface area (Å²) in [5, 5.41) is 12.8. The average molecular weight is 221 g/mol. The van der Waals surface area contributed by atoms with E-state index in [0.717, 1.165) is 6.92 Å². The van der Waals surface area contributed by atoms with Crippen molar-refractivity contribution in [2.45, 2.75) is 13.8 Å². The van der Waals surface area contributed by atoms with E-state index in [1.54, 1.807) is 31.5 Å². The molecule has 84 valence electrons. The van der Waals surface area contributed by atoms with Gasteiger partial charge in [0.25, 0.3) is 0 Å². The van der Waals surface area contributed by atoms with Crippen molar-refractivity contribution >= 4 is 17.7 Å². The summed E-state index contributed by atoms with van der Waals surface area (Å²) in [5.41, 5.74) is 1.14. The van der Waals surface area contributed by atoms with Crippen LogP contribution in [-0.4, -0.2) is 32.8 Å². The molecule has 1 heterocycles. The van der Waals surface area contributed by atoms with Gasteiger partial charge in [0.15, 0.2) is 0 Å². The number of hydrogen-bond donors (Lipinski definition) is 1. The second kappa shape index (κ2) is 5.01. The zero-order chi connectivity index (χ0) is 12.1. The van der Waals surface area contributed by atoms with Crippen LogP contribution >= 0.6 is 0 Å². The zero-order valence-electron chi connectivity index (χ0n) is 8.91. The Morgan fingerprint density at radius 2 is 1.88 bits per heavy atom. The fourth-order valence-corrected chi connectivity index (χ4v) is 1.05. The van der Waals surface area contributed by atoms with Gasteiger partial charge in [-0.25, -0.2) is 4.79 Å². The molecule has 0 bridgehead atoms. The van der Waals surface area contributed by atoms with Crippen LogP contribution in [-0.2, 0) is 4.79 Å². The maximum atomic E-state index is 11.0. The van der Waals surface area contributed by atoms with Crippen LogP contribution in [0, 0.1) is 0 Å². The van der Waals surface area contributed by atoms with Crippen molar-refractivity contribution < 1.29 is 14.7 Å². The van der Waals surface area contributed by atoms with Crippen LogP contribution in [0.2, 0.25) is 0 Å². The van der Waals surface area contributed by atoms with E-state index in [9.17, 15) is 9.59 Å². The van der Waals surface area contributed by atoms with E-state index >= 15 is 0 Å². The van der Waals surface area contributed by atoms with Gasteiger partial charge in [0.2, 0.25) is 5.91 Å². The molecule has 0 fully saturated rings. The molecule has 0 saturated carbocycles. The summed E-state index contributed by atoms with van der Waals surface area (Å²) in [5.74, 6) is -0.652. The summed E-state index contributed by atoms with van der Waals surface area (Å²) in [6, 6.07) is 3.36. The van der Waals surface area contributed by atoms with Gasteiger partial charge in [-0.1, -0.05) is 0 Å². The Hall–Kier alpha value is -2.24. The second-order valence-electron chi connectivity index (χ2n) is 3.03. The fourth-order valence-electron chi connectivity index (χ4n) is 1.05. The summed E-state index contributed by atoms with van der Waals surface area (Å²) >= 11 is 0. The molecule has 2 amide bonds. The third kappa shape index (κ3) is 2.88. The Balaban J connectivity index is 2.99. The van der Waals surface area contributed by atoms with Gasteiger partial charge in [0.1, 0.15) is 0 Å². The number of nitrogens with zero attached hydrogens (tertiary/aromatic N) is 3. The van der Waals surface area contributed by atoms with Crippen LogP contribution in [0.1, 0.15) is 19.4 Å². The standard InChI is InChI=1S/C10H11N3O3/c1-7(9-3-5-11-6-4-9)12-13(8(2)14)10(15)16/h3-6H,1-2H3,(H,15,16). The van der Waals surface area contributed by atoms with Crippen LogP contribution in [0.15, 0.2) is 29.6 Å². The van der Waals surface area contributed by atoms with Crippen LogP contribution in [0.3, 0.4) is 0 Å². The Morgan fingerprint density at radius 1 is 1.31 bits per heavy atom. The molecule has 6 heteroatoms. The monoisotopic (exact) mass is 221 g/mol. The summed E-state index contributed by atoms with van der Waals surface area (Å²) in [4.78, 5) is 25.5. The van der Waals surface area contributed by atoms with Crippen LogP contribution in [0.25, 0.3) is 0 Å². The molecule has 1 N–H and O–H groups in total. The van der Waals surface area contributed by atoms with Crippen molar-refractivity contribution in [3.63, 3.8) is 0 Å². The first-order valence-corrected chi connectivity index (χ1v) is 4.51.